The number of benzene rings is 1. The molecule has 1 aliphatic carbocycles. The molecule has 1 aromatic carbocycles. The minimum Gasteiger partial charge on any atom is -0.497 e. The van der Waals surface area contributed by atoms with Crippen molar-refractivity contribution in [3.05, 3.63) is 35.4 Å². The number of likely N-dealkylation sites (N-methyl/N-ethyl adjacent to an activating group) is 1. The molecular weight excluding hydrogens is 356 g/mol. The summed E-state index contributed by atoms with van der Waals surface area (Å²) in [5.74, 6) is 1.64. The average molecular weight is 384 g/mol. The SMILES string of the molecule is C/C=C1/CN(C)[C@@H]2C[C@@]3(C(=O)N(OC)c4cc(OC)ccc43)[C@H]3C[C@@H]1[C@@H]2CO3. The molecule has 6 nitrogen and oxygen atoms in total. The van der Waals surface area contributed by atoms with Gasteiger partial charge in [-0.3, -0.25) is 14.5 Å². The van der Waals surface area contributed by atoms with Gasteiger partial charge in [0.15, 0.2) is 0 Å². The molecule has 4 bridgehead atoms. The molecule has 4 heterocycles. The van der Waals surface area contributed by atoms with Crippen molar-refractivity contribution in [1.82, 2.24) is 4.90 Å². The summed E-state index contributed by atoms with van der Waals surface area (Å²) < 4.78 is 11.8. The number of carbonyl (C=O) groups excluding carboxylic acids is 1. The van der Waals surface area contributed by atoms with Crippen molar-refractivity contribution >= 4 is 11.6 Å². The van der Waals surface area contributed by atoms with Crippen LogP contribution in [0.25, 0.3) is 0 Å². The third-order valence-electron chi connectivity index (χ3n) is 7.55. The Hall–Kier alpha value is -1.89. The number of methoxy groups -OCH3 is 1. The van der Waals surface area contributed by atoms with E-state index in [1.54, 1.807) is 14.2 Å². The lowest BCUT2D eigenvalue weighted by molar-refractivity contribution is -0.137. The standard InChI is InChI=1S/C22H28N2O4/c1-5-13-11-23(2)19-10-22(20-9-15(13)16(19)12-28-20)17-7-6-14(26-3)8-18(17)24(27-4)21(22)25/h5-8,15-16,19-20H,9-12H2,1-4H3/b13-5-/t15-,16-,19+,20+,22-/m0/s1. The number of hydrogen-bond acceptors (Lipinski definition) is 5. The van der Waals surface area contributed by atoms with E-state index in [9.17, 15) is 4.79 Å². The van der Waals surface area contributed by atoms with E-state index < -0.39 is 5.41 Å². The number of nitrogens with zero attached hydrogens (tertiary/aromatic N) is 2. The molecule has 1 spiro atoms. The lowest BCUT2D eigenvalue weighted by atomic mass is 9.72. The van der Waals surface area contributed by atoms with Gasteiger partial charge >= 0.3 is 0 Å². The number of amides is 1. The maximum Gasteiger partial charge on any atom is 0.264 e. The Morgan fingerprint density at radius 1 is 1.32 bits per heavy atom. The Balaban J connectivity index is 1.69. The average Bonchev–Trinajstić information content (AvgIpc) is 2.82. The van der Waals surface area contributed by atoms with Gasteiger partial charge in [-0.15, -0.1) is 0 Å². The maximum absolute atomic E-state index is 13.8. The third-order valence-corrected chi connectivity index (χ3v) is 7.55. The van der Waals surface area contributed by atoms with E-state index in [1.165, 1.54) is 10.6 Å². The van der Waals surface area contributed by atoms with Crippen molar-refractivity contribution in [2.24, 2.45) is 11.8 Å². The second-order valence-corrected chi connectivity index (χ2v) is 8.51. The fraction of sp³-hybridized carbons (Fsp3) is 0.591. The van der Waals surface area contributed by atoms with Gasteiger partial charge < -0.3 is 9.47 Å². The largest absolute Gasteiger partial charge is 0.497 e. The smallest absolute Gasteiger partial charge is 0.264 e. The first-order valence-electron chi connectivity index (χ1n) is 10.1. The number of carbonyl (C=O) groups is 1. The van der Waals surface area contributed by atoms with Crippen LogP contribution in [0, 0.1) is 11.8 Å². The maximum atomic E-state index is 13.8. The van der Waals surface area contributed by atoms with Gasteiger partial charge in [0.1, 0.15) is 11.2 Å². The van der Waals surface area contributed by atoms with E-state index in [2.05, 4.69) is 24.9 Å². The van der Waals surface area contributed by atoms with Crippen molar-refractivity contribution < 1.29 is 19.1 Å². The van der Waals surface area contributed by atoms with Gasteiger partial charge in [0.25, 0.3) is 5.91 Å². The number of rotatable bonds is 2. The number of likely N-dealkylation sites (tertiary alicyclic amines) is 1. The van der Waals surface area contributed by atoms with Crippen molar-refractivity contribution in [2.75, 3.05) is 39.5 Å². The van der Waals surface area contributed by atoms with E-state index in [-0.39, 0.29) is 12.0 Å². The second-order valence-electron chi connectivity index (χ2n) is 8.51. The summed E-state index contributed by atoms with van der Waals surface area (Å²) in [5.41, 5.74) is 2.57. The Kier molecular flexibility index (Phi) is 4.09. The molecular formula is C22H28N2O4. The minimum atomic E-state index is -0.705. The van der Waals surface area contributed by atoms with Crippen LogP contribution in [0.15, 0.2) is 29.8 Å². The highest BCUT2D eigenvalue weighted by atomic mass is 16.7. The molecule has 1 aromatic rings. The highest BCUT2D eigenvalue weighted by Gasteiger charge is 2.64. The van der Waals surface area contributed by atoms with Gasteiger partial charge in [-0.1, -0.05) is 17.7 Å². The highest BCUT2D eigenvalue weighted by molar-refractivity contribution is 6.07. The van der Waals surface area contributed by atoms with Crippen molar-refractivity contribution in [2.45, 2.75) is 37.3 Å². The summed E-state index contributed by atoms with van der Waals surface area (Å²) in [5, 5.41) is 1.44. The lowest BCUT2D eigenvalue weighted by Gasteiger charge is -2.46. The van der Waals surface area contributed by atoms with Crippen molar-refractivity contribution in [1.29, 1.82) is 0 Å². The number of fused-ring (bicyclic) bond motifs is 2. The molecule has 0 radical (unpaired) electrons. The Morgan fingerprint density at radius 2 is 2.14 bits per heavy atom. The van der Waals surface area contributed by atoms with E-state index >= 15 is 0 Å². The summed E-state index contributed by atoms with van der Waals surface area (Å²) in [7, 11) is 5.37. The van der Waals surface area contributed by atoms with Gasteiger partial charge in [0, 0.05) is 24.6 Å². The van der Waals surface area contributed by atoms with Crippen molar-refractivity contribution in [3.63, 3.8) is 0 Å². The van der Waals surface area contributed by atoms with E-state index in [0.717, 1.165) is 43.0 Å². The van der Waals surface area contributed by atoms with Crippen LogP contribution in [0.1, 0.15) is 25.3 Å². The van der Waals surface area contributed by atoms with Crippen LogP contribution < -0.4 is 9.80 Å². The normalized spacial score (nSPS) is 38.2. The monoisotopic (exact) mass is 384 g/mol. The number of allylic oxidation sites excluding steroid dienone is 1. The van der Waals surface area contributed by atoms with Gasteiger partial charge in [-0.05, 0) is 44.4 Å². The van der Waals surface area contributed by atoms with Crippen LogP contribution in [-0.2, 0) is 19.8 Å². The van der Waals surface area contributed by atoms with Gasteiger partial charge in [-0.25, -0.2) is 0 Å². The van der Waals surface area contributed by atoms with Crippen LogP contribution in [-0.4, -0.2) is 57.4 Å². The predicted molar refractivity (Wildman–Crippen MR) is 105 cm³/mol. The summed E-state index contributed by atoms with van der Waals surface area (Å²) in [6, 6.07) is 6.19. The van der Waals surface area contributed by atoms with Crippen LogP contribution in [0.3, 0.4) is 0 Å². The minimum absolute atomic E-state index is 0.00752. The Bertz CT molecular complexity index is 853. The zero-order chi connectivity index (χ0) is 19.6. The van der Waals surface area contributed by atoms with Crippen molar-refractivity contribution in [3.8, 4) is 5.75 Å². The molecule has 5 aliphatic rings. The fourth-order valence-corrected chi connectivity index (χ4v) is 6.17. The van der Waals surface area contributed by atoms with E-state index in [1.807, 2.05) is 18.2 Å². The number of piperidine rings is 1. The zero-order valence-corrected chi connectivity index (χ0v) is 17.0. The first-order chi connectivity index (χ1) is 13.5. The number of anilines is 1. The van der Waals surface area contributed by atoms with Gasteiger partial charge in [0.05, 0.1) is 32.6 Å². The quantitative estimate of drug-likeness (QED) is 0.734. The molecule has 6 heteroatoms. The van der Waals surface area contributed by atoms with Crippen LogP contribution >= 0.6 is 0 Å². The molecule has 0 N–H and O–H groups in total. The molecule has 4 aliphatic heterocycles. The summed E-state index contributed by atoms with van der Waals surface area (Å²) >= 11 is 0. The summed E-state index contributed by atoms with van der Waals surface area (Å²) in [4.78, 5) is 21.8. The Morgan fingerprint density at radius 3 is 2.86 bits per heavy atom. The molecule has 5 atom stereocenters. The van der Waals surface area contributed by atoms with Gasteiger partial charge in [-0.2, -0.15) is 5.06 Å². The molecule has 1 amide bonds. The van der Waals surface area contributed by atoms with Crippen LogP contribution in [0.4, 0.5) is 5.69 Å². The lowest BCUT2D eigenvalue weighted by Crippen LogP contribution is -2.50. The first-order valence-corrected chi connectivity index (χ1v) is 10.1. The third kappa shape index (κ3) is 2.17. The van der Waals surface area contributed by atoms with Crippen LogP contribution in [0.5, 0.6) is 5.75 Å². The molecule has 3 saturated heterocycles. The summed E-state index contributed by atoms with van der Waals surface area (Å²) in [6.07, 6.45) is 3.79. The molecule has 150 valence electrons. The molecule has 0 aromatic heterocycles. The predicted octanol–water partition coefficient (Wildman–Crippen LogP) is 2.53. The second kappa shape index (κ2) is 6.31. The number of hydroxylamine groups is 1. The fourth-order valence-electron chi connectivity index (χ4n) is 6.17. The van der Waals surface area contributed by atoms with Crippen LogP contribution in [0.2, 0.25) is 0 Å². The number of hydrogen-bond donors (Lipinski definition) is 0. The molecule has 6 rings (SSSR count). The van der Waals surface area contributed by atoms with E-state index in [4.69, 9.17) is 14.3 Å². The number of ether oxygens (including phenoxy) is 2. The highest BCUT2D eigenvalue weighted by Crippen LogP contribution is 2.57. The zero-order valence-electron chi connectivity index (χ0n) is 17.0. The van der Waals surface area contributed by atoms with E-state index in [0.29, 0.717) is 17.9 Å². The molecule has 4 fully saturated rings. The Labute approximate surface area is 166 Å². The topological polar surface area (TPSA) is 51.2 Å². The first kappa shape index (κ1) is 18.2. The summed E-state index contributed by atoms with van der Waals surface area (Å²) in [6.45, 7) is 3.83. The molecule has 0 unspecified atom stereocenters. The molecule has 28 heavy (non-hydrogen) atoms. The van der Waals surface area contributed by atoms with Gasteiger partial charge in [0.2, 0.25) is 0 Å². The molecule has 1 saturated carbocycles.